The second-order valence-electron chi connectivity index (χ2n) is 2.69. The molecule has 15 heavy (non-hydrogen) atoms. The Morgan fingerprint density at radius 2 is 2.40 bits per heavy atom. The van der Waals surface area contributed by atoms with E-state index in [-0.39, 0.29) is 5.23 Å². The van der Waals surface area contributed by atoms with E-state index in [9.17, 15) is 4.57 Å². The molecule has 88 valence electrons. The molecule has 2 atom stereocenters. The lowest BCUT2D eigenvalue weighted by atomic mass is 10.4. The molecule has 3 N–H and O–H groups in total. The predicted molar refractivity (Wildman–Crippen MR) is 54.7 cm³/mol. The van der Waals surface area contributed by atoms with Crippen molar-refractivity contribution in [3.8, 4) is 0 Å². The minimum absolute atomic E-state index is 0.110. The summed E-state index contributed by atoms with van der Waals surface area (Å²) in [6, 6.07) is 0. The summed E-state index contributed by atoms with van der Waals surface area (Å²) in [5, 5.41) is 17.4. The van der Waals surface area contributed by atoms with E-state index < -0.39 is 27.1 Å². The van der Waals surface area contributed by atoms with Crippen molar-refractivity contribution in [2.24, 2.45) is 4.99 Å². The van der Waals surface area contributed by atoms with Crippen molar-refractivity contribution < 1.29 is 28.7 Å². The molecule has 0 bridgehead atoms. The van der Waals surface area contributed by atoms with Gasteiger partial charge in [-0.15, -0.1) is 0 Å². The molecule has 2 unspecified atom stereocenters. The highest BCUT2D eigenvalue weighted by molar-refractivity contribution is 8.14. The normalized spacial score (nSPS) is 21.9. The van der Waals surface area contributed by atoms with Crippen LogP contribution in [0.2, 0.25) is 0 Å². The van der Waals surface area contributed by atoms with Gasteiger partial charge < -0.3 is 14.7 Å². The van der Waals surface area contributed by atoms with Gasteiger partial charge in [0.1, 0.15) is 6.10 Å². The number of nitrogens with zero attached hydrogens (tertiary/aromatic N) is 1. The number of hydrogen-bond donors (Lipinski definition) is 3. The Balaban J connectivity index is 2.34. The highest BCUT2D eigenvalue weighted by atomic mass is 32.2. The van der Waals surface area contributed by atoms with Crippen molar-refractivity contribution in [3.05, 3.63) is 0 Å². The highest BCUT2D eigenvalue weighted by Crippen LogP contribution is 2.45. The Bertz CT molecular complexity index is 285. The van der Waals surface area contributed by atoms with E-state index in [1.54, 1.807) is 0 Å². The van der Waals surface area contributed by atoms with E-state index in [0.717, 1.165) is 0 Å². The number of aliphatic hydroxyl groups is 2. The lowest BCUT2D eigenvalue weighted by Crippen LogP contribution is -2.19. The molecule has 0 aromatic rings. The van der Waals surface area contributed by atoms with E-state index in [1.807, 2.05) is 0 Å². The van der Waals surface area contributed by atoms with Gasteiger partial charge in [0.25, 0.3) is 5.23 Å². The van der Waals surface area contributed by atoms with Crippen LogP contribution in [0.5, 0.6) is 0 Å². The maximum absolute atomic E-state index is 11.2. The third kappa shape index (κ3) is 4.96. The van der Waals surface area contributed by atoms with Crippen LogP contribution in [0.1, 0.15) is 0 Å². The van der Waals surface area contributed by atoms with E-state index >= 15 is 0 Å². The van der Waals surface area contributed by atoms with Gasteiger partial charge in [-0.3, -0.25) is 9.42 Å². The van der Waals surface area contributed by atoms with Crippen molar-refractivity contribution in [2.75, 3.05) is 25.5 Å². The van der Waals surface area contributed by atoms with E-state index in [0.29, 0.717) is 12.3 Å². The first kappa shape index (κ1) is 13.0. The summed E-state index contributed by atoms with van der Waals surface area (Å²) in [7, 11) is -4.23. The van der Waals surface area contributed by atoms with Gasteiger partial charge >= 0.3 is 7.82 Å². The van der Waals surface area contributed by atoms with Gasteiger partial charge in [0, 0.05) is 5.75 Å². The number of rotatable bonds is 5. The molecule has 0 fully saturated rings. The number of thioether (sulfide) groups is 1. The quantitative estimate of drug-likeness (QED) is 0.574. The van der Waals surface area contributed by atoms with Crippen LogP contribution in [0.4, 0.5) is 0 Å². The molecule has 0 aromatic carbocycles. The molecule has 9 heteroatoms. The number of phosphoric ester groups is 1. The maximum Gasteiger partial charge on any atom is 0.529 e. The van der Waals surface area contributed by atoms with Gasteiger partial charge in [0.15, 0.2) is 0 Å². The second-order valence-corrected chi connectivity index (χ2v) is 5.11. The van der Waals surface area contributed by atoms with E-state index in [2.05, 4.69) is 14.0 Å². The Morgan fingerprint density at radius 1 is 1.67 bits per heavy atom. The average Bonchev–Trinajstić information content (AvgIpc) is 2.66. The first-order valence-corrected chi connectivity index (χ1v) is 6.65. The predicted octanol–water partition coefficient (Wildman–Crippen LogP) is -0.424. The van der Waals surface area contributed by atoms with Gasteiger partial charge in [-0.05, 0) is 0 Å². The summed E-state index contributed by atoms with van der Waals surface area (Å²) >= 11 is 1.21. The minimum Gasteiger partial charge on any atom is -0.394 e. The average molecular weight is 257 g/mol. The van der Waals surface area contributed by atoms with Gasteiger partial charge in [-0.1, -0.05) is 11.8 Å². The third-order valence-corrected chi connectivity index (χ3v) is 3.24. The molecule has 0 amide bonds. The van der Waals surface area contributed by atoms with Crippen LogP contribution in [0, 0.1) is 0 Å². The maximum atomic E-state index is 11.2. The zero-order valence-electron chi connectivity index (χ0n) is 7.77. The largest absolute Gasteiger partial charge is 0.529 e. The lowest BCUT2D eigenvalue weighted by Gasteiger charge is -2.13. The summed E-state index contributed by atoms with van der Waals surface area (Å²) in [5.74, 6) is 0.703. The van der Waals surface area contributed by atoms with Crippen LogP contribution in [-0.4, -0.2) is 52.0 Å². The minimum atomic E-state index is -4.23. The molecule has 0 saturated carbocycles. The highest BCUT2D eigenvalue weighted by Gasteiger charge is 2.27. The molecule has 0 aromatic heterocycles. The van der Waals surface area contributed by atoms with Crippen molar-refractivity contribution in [2.45, 2.75) is 6.10 Å². The topological polar surface area (TPSA) is 109 Å². The van der Waals surface area contributed by atoms with Crippen LogP contribution in [0.3, 0.4) is 0 Å². The van der Waals surface area contributed by atoms with Gasteiger partial charge in [-0.2, -0.15) is 0 Å². The molecule has 0 aliphatic carbocycles. The van der Waals surface area contributed by atoms with Crippen molar-refractivity contribution in [3.63, 3.8) is 0 Å². The van der Waals surface area contributed by atoms with E-state index in [4.69, 9.17) is 15.1 Å². The van der Waals surface area contributed by atoms with Crippen LogP contribution in [0.25, 0.3) is 0 Å². The first-order valence-electron chi connectivity index (χ1n) is 4.16. The van der Waals surface area contributed by atoms with Gasteiger partial charge in [0.05, 0.1) is 19.8 Å². The fourth-order valence-corrected chi connectivity index (χ4v) is 2.43. The fourth-order valence-electron chi connectivity index (χ4n) is 0.729. The summed E-state index contributed by atoms with van der Waals surface area (Å²) < 4.78 is 20.2. The molecular formula is C6H12NO6PS. The summed E-state index contributed by atoms with van der Waals surface area (Å²) in [6.07, 6.45) is -1.20. The lowest BCUT2D eigenvalue weighted by molar-refractivity contribution is 0.0427. The van der Waals surface area contributed by atoms with Crippen molar-refractivity contribution in [1.82, 2.24) is 0 Å². The van der Waals surface area contributed by atoms with Gasteiger partial charge in [-0.25, -0.2) is 9.56 Å². The zero-order chi connectivity index (χ0) is 11.3. The molecule has 1 rings (SSSR count). The second kappa shape index (κ2) is 5.83. The van der Waals surface area contributed by atoms with Crippen LogP contribution >= 0.6 is 19.6 Å². The number of phosphoric acid groups is 1. The van der Waals surface area contributed by atoms with E-state index in [1.165, 1.54) is 11.8 Å². The number of hydrogen-bond acceptors (Lipinski definition) is 7. The number of aliphatic hydroxyl groups excluding tert-OH is 2. The molecule has 1 aliphatic rings. The summed E-state index contributed by atoms with van der Waals surface area (Å²) in [5.41, 5.74) is 0. The van der Waals surface area contributed by atoms with Crippen molar-refractivity contribution >= 4 is 24.8 Å². The van der Waals surface area contributed by atoms with Gasteiger partial charge in [0.2, 0.25) is 0 Å². The summed E-state index contributed by atoms with van der Waals surface area (Å²) in [4.78, 5) is 12.9. The Morgan fingerprint density at radius 3 is 2.93 bits per heavy atom. The molecular weight excluding hydrogens is 245 g/mol. The zero-order valence-corrected chi connectivity index (χ0v) is 9.49. The molecule has 0 saturated heterocycles. The Hall–Kier alpha value is -0.110. The molecule has 0 spiro atoms. The molecule has 1 aliphatic heterocycles. The molecule has 1 heterocycles. The van der Waals surface area contributed by atoms with Crippen LogP contribution < -0.4 is 0 Å². The third-order valence-electron chi connectivity index (χ3n) is 1.39. The Kier molecular flexibility index (Phi) is 5.04. The smallest absolute Gasteiger partial charge is 0.394 e. The SMILES string of the molecule is O=P(O)(OCC(O)CO)OC1=NCCS1. The Labute approximate surface area is 90.7 Å². The van der Waals surface area contributed by atoms with Crippen LogP contribution in [-0.2, 0) is 13.6 Å². The molecule has 0 radical (unpaired) electrons. The van der Waals surface area contributed by atoms with Crippen LogP contribution in [0.15, 0.2) is 4.99 Å². The monoisotopic (exact) mass is 257 g/mol. The number of aliphatic imine (C=N–C) groups is 1. The first-order chi connectivity index (χ1) is 7.03. The standard InChI is InChI=1S/C6H12NO6PS/c8-3-5(9)4-12-14(10,11)13-6-7-1-2-15-6/h5,8-9H,1-4H2,(H,10,11). The molecule has 7 nitrogen and oxygen atoms in total. The summed E-state index contributed by atoms with van der Waals surface area (Å²) in [6.45, 7) is -0.475. The van der Waals surface area contributed by atoms with Crippen molar-refractivity contribution in [1.29, 1.82) is 0 Å². The fraction of sp³-hybridized carbons (Fsp3) is 0.833.